The number of nitrogens with zero attached hydrogens (tertiary/aromatic N) is 2. The molecule has 0 spiro atoms. The van der Waals surface area contributed by atoms with E-state index in [1.807, 2.05) is 12.1 Å². The summed E-state index contributed by atoms with van der Waals surface area (Å²) in [5, 5.41) is 15.0. The van der Waals surface area contributed by atoms with Crippen LogP contribution < -0.4 is 5.32 Å². The zero-order valence-electron chi connectivity index (χ0n) is 17.2. The first kappa shape index (κ1) is 18.2. The number of para-hydroxylation sites is 2. The molecule has 2 unspecified atom stereocenters. The minimum absolute atomic E-state index is 0.208. The molecule has 5 fully saturated rings. The van der Waals surface area contributed by atoms with Crippen molar-refractivity contribution in [3.8, 4) is 0 Å². The Morgan fingerprint density at radius 2 is 1.66 bits per heavy atom. The number of fused-ring (bicyclic) bond motifs is 3. The molecule has 1 N–H and O–H groups in total. The van der Waals surface area contributed by atoms with Crippen molar-refractivity contribution in [2.75, 3.05) is 5.32 Å². The molecule has 5 nitrogen and oxygen atoms in total. The first-order valence-electron chi connectivity index (χ1n) is 11.9. The van der Waals surface area contributed by atoms with Crippen molar-refractivity contribution in [1.29, 1.82) is 0 Å². The fraction of sp³-hybridized carbons (Fsp3) is 0.750. The Labute approximate surface area is 173 Å². The molecule has 2 saturated heterocycles. The summed E-state index contributed by atoms with van der Waals surface area (Å²) in [5.74, 6) is 4.16. The molecule has 4 bridgehead atoms. The van der Waals surface area contributed by atoms with Gasteiger partial charge in [0.25, 0.3) is 5.69 Å². The van der Waals surface area contributed by atoms with Crippen molar-refractivity contribution >= 4 is 11.4 Å². The monoisotopic (exact) mass is 395 g/mol. The highest BCUT2D eigenvalue weighted by molar-refractivity contribution is 5.61. The lowest BCUT2D eigenvalue weighted by molar-refractivity contribution is -0.384. The summed E-state index contributed by atoms with van der Waals surface area (Å²) < 4.78 is 0. The zero-order valence-corrected chi connectivity index (χ0v) is 17.2. The highest BCUT2D eigenvalue weighted by atomic mass is 16.6. The van der Waals surface area contributed by atoms with Gasteiger partial charge in [0, 0.05) is 30.2 Å². The zero-order chi connectivity index (χ0) is 19.5. The maximum Gasteiger partial charge on any atom is 0.292 e. The number of nitro benzene ring substituents is 1. The summed E-state index contributed by atoms with van der Waals surface area (Å²) in [5.41, 5.74) is 0.903. The molecule has 3 saturated carbocycles. The number of nitro groups is 1. The average Bonchev–Trinajstić information content (AvgIpc) is 2.90. The van der Waals surface area contributed by atoms with Gasteiger partial charge in [-0.05, 0) is 87.5 Å². The molecule has 156 valence electrons. The van der Waals surface area contributed by atoms with Crippen LogP contribution in [0.25, 0.3) is 0 Å². The summed E-state index contributed by atoms with van der Waals surface area (Å²) in [4.78, 5) is 14.1. The van der Waals surface area contributed by atoms with E-state index in [4.69, 9.17) is 0 Å². The molecule has 0 amide bonds. The first-order chi connectivity index (χ1) is 14.2. The third-order valence-electron chi connectivity index (χ3n) is 9.15. The van der Waals surface area contributed by atoms with Crippen molar-refractivity contribution in [1.82, 2.24) is 4.90 Å². The van der Waals surface area contributed by atoms with Crippen molar-refractivity contribution in [3.63, 3.8) is 0 Å². The highest BCUT2D eigenvalue weighted by Gasteiger charge is 2.53. The van der Waals surface area contributed by atoms with Gasteiger partial charge in [0.15, 0.2) is 0 Å². The fourth-order valence-electron chi connectivity index (χ4n) is 8.14. The SMILES string of the molecule is O=[N+]([O-])c1ccccc1NC1C[C@H]2CCC[C@@H](C1)N2[C@@H]1C[C@@H]2CC3[C@@H](C2)C[C@H]3C1. The number of piperidine rings is 2. The van der Waals surface area contributed by atoms with Crippen LogP contribution in [0.15, 0.2) is 24.3 Å². The first-order valence-corrected chi connectivity index (χ1v) is 11.9. The van der Waals surface area contributed by atoms with Gasteiger partial charge in [-0.3, -0.25) is 15.0 Å². The summed E-state index contributed by atoms with van der Waals surface area (Å²) in [7, 11) is 0. The molecule has 8 atom stereocenters. The van der Waals surface area contributed by atoms with Crippen LogP contribution >= 0.6 is 0 Å². The van der Waals surface area contributed by atoms with Crippen LogP contribution in [0.5, 0.6) is 0 Å². The van der Waals surface area contributed by atoms with Gasteiger partial charge in [-0.2, -0.15) is 0 Å². The molecule has 0 aromatic heterocycles. The Bertz CT molecular complexity index is 780. The minimum atomic E-state index is -0.259. The van der Waals surface area contributed by atoms with Crippen LogP contribution in [-0.4, -0.2) is 34.0 Å². The Balaban J connectivity index is 1.19. The standard InChI is InChI=1S/C24H33N3O2/c28-27(29)24-7-2-1-6-23(24)25-18-13-19-4-3-5-20(14-18)26(19)21-9-15-8-16-11-17(12-21)22(16)10-15/h1-2,6-7,15-22,25H,3-5,8-14H2/t15-,16+,17+,18?,19-,20+,21-,22?/m1/s1. The van der Waals surface area contributed by atoms with Gasteiger partial charge in [0.1, 0.15) is 5.69 Å². The van der Waals surface area contributed by atoms with Gasteiger partial charge < -0.3 is 5.32 Å². The van der Waals surface area contributed by atoms with Crippen LogP contribution in [0.3, 0.4) is 0 Å². The summed E-state index contributed by atoms with van der Waals surface area (Å²) in [6.07, 6.45) is 13.7. The number of benzene rings is 1. The number of nitrogens with one attached hydrogen (secondary N) is 1. The molecule has 1 aromatic carbocycles. The second-order valence-corrected chi connectivity index (χ2v) is 10.7. The van der Waals surface area contributed by atoms with E-state index in [2.05, 4.69) is 10.2 Å². The quantitative estimate of drug-likeness (QED) is 0.561. The van der Waals surface area contributed by atoms with Crippen LogP contribution in [0, 0.1) is 33.8 Å². The van der Waals surface area contributed by atoms with E-state index in [1.54, 1.807) is 12.1 Å². The number of rotatable bonds is 4. The lowest BCUT2D eigenvalue weighted by atomic mass is 9.64. The van der Waals surface area contributed by atoms with Gasteiger partial charge >= 0.3 is 0 Å². The van der Waals surface area contributed by atoms with Gasteiger partial charge in [-0.15, -0.1) is 0 Å². The van der Waals surface area contributed by atoms with Crippen molar-refractivity contribution < 1.29 is 4.92 Å². The molecular weight excluding hydrogens is 362 g/mol. The second-order valence-electron chi connectivity index (χ2n) is 10.7. The van der Waals surface area contributed by atoms with E-state index in [1.165, 1.54) is 51.4 Å². The smallest absolute Gasteiger partial charge is 0.292 e. The van der Waals surface area contributed by atoms with Gasteiger partial charge in [-0.25, -0.2) is 0 Å². The van der Waals surface area contributed by atoms with E-state index in [0.29, 0.717) is 23.8 Å². The fourth-order valence-corrected chi connectivity index (χ4v) is 8.14. The van der Waals surface area contributed by atoms with Crippen LogP contribution in [0.2, 0.25) is 0 Å². The van der Waals surface area contributed by atoms with E-state index in [0.717, 1.165) is 42.6 Å². The third kappa shape index (κ3) is 3.08. The molecule has 5 aliphatic rings. The molecule has 2 heterocycles. The molecule has 6 rings (SSSR count). The lowest BCUT2D eigenvalue weighted by Crippen LogP contribution is -2.59. The van der Waals surface area contributed by atoms with E-state index in [9.17, 15) is 10.1 Å². The molecule has 3 aliphatic carbocycles. The van der Waals surface area contributed by atoms with E-state index < -0.39 is 0 Å². The number of hydrogen-bond acceptors (Lipinski definition) is 4. The Hall–Kier alpha value is -1.62. The maximum atomic E-state index is 11.4. The van der Waals surface area contributed by atoms with E-state index in [-0.39, 0.29) is 10.6 Å². The molecule has 29 heavy (non-hydrogen) atoms. The topological polar surface area (TPSA) is 58.4 Å². The molecule has 0 radical (unpaired) electrons. The maximum absolute atomic E-state index is 11.4. The Morgan fingerprint density at radius 3 is 2.45 bits per heavy atom. The predicted molar refractivity (Wildman–Crippen MR) is 114 cm³/mol. The van der Waals surface area contributed by atoms with Gasteiger partial charge in [0.2, 0.25) is 0 Å². The highest BCUT2D eigenvalue weighted by Crippen LogP contribution is 2.59. The minimum Gasteiger partial charge on any atom is -0.377 e. The number of anilines is 1. The molecular formula is C24H33N3O2. The average molecular weight is 396 g/mol. The largest absolute Gasteiger partial charge is 0.377 e. The Morgan fingerprint density at radius 1 is 0.897 bits per heavy atom. The van der Waals surface area contributed by atoms with Crippen LogP contribution in [0.4, 0.5) is 11.4 Å². The lowest BCUT2D eigenvalue weighted by Gasteiger charge is -2.54. The second kappa shape index (κ2) is 6.97. The molecule has 1 aromatic rings. The normalized spacial score (nSPS) is 43.3. The Kier molecular flexibility index (Phi) is 4.37. The molecule has 5 heteroatoms. The van der Waals surface area contributed by atoms with Crippen LogP contribution in [-0.2, 0) is 0 Å². The summed E-state index contributed by atoms with van der Waals surface area (Å²) >= 11 is 0. The molecule has 2 aliphatic heterocycles. The summed E-state index contributed by atoms with van der Waals surface area (Å²) in [6, 6.07) is 9.64. The van der Waals surface area contributed by atoms with E-state index >= 15 is 0 Å². The van der Waals surface area contributed by atoms with Crippen LogP contribution in [0.1, 0.15) is 64.2 Å². The van der Waals surface area contributed by atoms with Crippen molar-refractivity contribution in [2.24, 2.45) is 23.7 Å². The van der Waals surface area contributed by atoms with Crippen molar-refractivity contribution in [3.05, 3.63) is 34.4 Å². The number of hydrogen-bond donors (Lipinski definition) is 1. The summed E-state index contributed by atoms with van der Waals surface area (Å²) in [6.45, 7) is 0. The predicted octanol–water partition coefficient (Wildman–Crippen LogP) is 5.22. The van der Waals surface area contributed by atoms with Gasteiger partial charge in [0.05, 0.1) is 4.92 Å². The van der Waals surface area contributed by atoms with Gasteiger partial charge in [-0.1, -0.05) is 18.6 Å². The van der Waals surface area contributed by atoms with Crippen molar-refractivity contribution in [2.45, 2.75) is 88.4 Å². The third-order valence-corrected chi connectivity index (χ3v) is 9.15.